The number of nitrogens with zero attached hydrogens (tertiary/aromatic N) is 2. The Balaban J connectivity index is 2.49. The minimum atomic E-state index is 0.232. The van der Waals surface area contributed by atoms with Crippen LogP contribution in [0.15, 0.2) is 30.3 Å². The molecule has 0 spiro atoms. The first-order valence-electron chi connectivity index (χ1n) is 5.09. The molecular weight excluding hydrogens is 291 g/mol. The van der Waals surface area contributed by atoms with E-state index in [0.717, 1.165) is 5.56 Å². The maximum absolute atomic E-state index is 8.64. The van der Waals surface area contributed by atoms with E-state index < -0.39 is 0 Å². The molecule has 0 aliphatic rings. The first-order valence-corrected chi connectivity index (χ1v) is 6.23. The molecule has 0 radical (unpaired) electrons. The summed E-state index contributed by atoms with van der Waals surface area (Å²) in [4.78, 5) is 4.24. The van der Waals surface area contributed by atoms with E-state index in [1.807, 2.05) is 6.07 Å². The summed E-state index contributed by atoms with van der Waals surface area (Å²) >= 11 is 18.0. The first kappa shape index (κ1) is 13.2. The van der Waals surface area contributed by atoms with Crippen molar-refractivity contribution in [2.45, 2.75) is 6.42 Å². The van der Waals surface area contributed by atoms with Gasteiger partial charge < -0.3 is 0 Å². The van der Waals surface area contributed by atoms with Crippen LogP contribution in [0, 0.1) is 11.3 Å². The molecule has 0 saturated carbocycles. The van der Waals surface area contributed by atoms with Crippen LogP contribution < -0.4 is 0 Å². The second-order valence-corrected chi connectivity index (χ2v) is 4.81. The molecule has 2 aromatic rings. The molecular formula is C13H7Cl3N2. The number of pyridine rings is 1. The zero-order valence-electron chi connectivity index (χ0n) is 9.12. The molecule has 0 atom stereocenters. The quantitative estimate of drug-likeness (QED) is 0.748. The molecule has 1 aromatic heterocycles. The summed E-state index contributed by atoms with van der Waals surface area (Å²) in [5.74, 6) is 0. The van der Waals surface area contributed by atoms with Crippen molar-refractivity contribution in [3.05, 3.63) is 51.1 Å². The summed E-state index contributed by atoms with van der Waals surface area (Å²) < 4.78 is 0. The van der Waals surface area contributed by atoms with Crippen LogP contribution in [-0.2, 0) is 6.42 Å². The summed E-state index contributed by atoms with van der Waals surface area (Å²) in [5, 5.41) is 10.1. The van der Waals surface area contributed by atoms with Gasteiger partial charge in [-0.05, 0) is 24.3 Å². The van der Waals surface area contributed by atoms with Gasteiger partial charge in [0, 0.05) is 16.1 Å². The summed E-state index contributed by atoms with van der Waals surface area (Å²) in [6, 6.07) is 10.7. The highest BCUT2D eigenvalue weighted by molar-refractivity contribution is 6.35. The molecule has 0 N–H and O–H groups in total. The van der Waals surface area contributed by atoms with Crippen LogP contribution in [0.1, 0.15) is 5.56 Å². The molecule has 0 saturated heterocycles. The molecule has 5 heteroatoms. The van der Waals surface area contributed by atoms with Crippen molar-refractivity contribution in [3.8, 4) is 17.3 Å². The maximum atomic E-state index is 8.64. The van der Waals surface area contributed by atoms with E-state index in [9.17, 15) is 0 Å². The molecule has 0 unspecified atom stereocenters. The number of hydrogen-bond donors (Lipinski definition) is 0. The summed E-state index contributed by atoms with van der Waals surface area (Å²) in [5.41, 5.74) is 2.05. The van der Waals surface area contributed by atoms with Gasteiger partial charge in [0.25, 0.3) is 0 Å². The minimum Gasteiger partial charge on any atom is -0.236 e. The molecule has 0 aliphatic heterocycles. The van der Waals surface area contributed by atoms with Gasteiger partial charge in [0.1, 0.15) is 5.15 Å². The maximum Gasteiger partial charge on any atom is 0.133 e. The van der Waals surface area contributed by atoms with Crippen LogP contribution >= 0.6 is 34.8 Å². The smallest absolute Gasteiger partial charge is 0.133 e. The van der Waals surface area contributed by atoms with Gasteiger partial charge in [0.15, 0.2) is 0 Å². The van der Waals surface area contributed by atoms with Crippen LogP contribution in [0.2, 0.25) is 15.2 Å². The molecule has 2 nitrogen and oxygen atoms in total. The Morgan fingerprint density at radius 3 is 2.56 bits per heavy atom. The molecule has 0 aliphatic carbocycles. The van der Waals surface area contributed by atoms with Gasteiger partial charge in [-0.25, -0.2) is 4.98 Å². The summed E-state index contributed by atoms with van der Waals surface area (Å²) in [6.07, 6.45) is 0.232. The van der Waals surface area contributed by atoms with Crippen LogP contribution in [0.3, 0.4) is 0 Å². The lowest BCUT2D eigenvalue weighted by Gasteiger charge is -2.06. The highest BCUT2D eigenvalue weighted by Gasteiger charge is 2.09. The Bertz CT molecular complexity index is 633. The van der Waals surface area contributed by atoms with Crippen molar-refractivity contribution in [2.75, 3.05) is 0 Å². The van der Waals surface area contributed by atoms with Crippen molar-refractivity contribution in [1.29, 1.82) is 5.26 Å². The predicted octanol–water partition coefficient (Wildman–Crippen LogP) is 4.77. The van der Waals surface area contributed by atoms with Crippen LogP contribution in [0.25, 0.3) is 11.3 Å². The van der Waals surface area contributed by atoms with Crippen molar-refractivity contribution in [1.82, 2.24) is 4.98 Å². The molecule has 2 rings (SSSR count). The van der Waals surface area contributed by atoms with Gasteiger partial charge in [0.05, 0.1) is 23.2 Å². The van der Waals surface area contributed by atoms with Gasteiger partial charge in [-0.15, -0.1) is 0 Å². The normalized spacial score (nSPS) is 10.1. The van der Waals surface area contributed by atoms with Crippen molar-refractivity contribution < 1.29 is 0 Å². The molecule has 0 bridgehead atoms. The van der Waals surface area contributed by atoms with E-state index in [-0.39, 0.29) is 6.42 Å². The number of aromatic nitrogens is 1. The number of halogens is 3. The van der Waals surface area contributed by atoms with Gasteiger partial charge in [-0.3, -0.25) is 0 Å². The Hall–Kier alpha value is -1.27. The second-order valence-electron chi connectivity index (χ2n) is 3.61. The predicted molar refractivity (Wildman–Crippen MR) is 74.0 cm³/mol. The van der Waals surface area contributed by atoms with E-state index in [1.54, 1.807) is 30.3 Å². The number of hydrogen-bond acceptors (Lipinski definition) is 2. The molecule has 18 heavy (non-hydrogen) atoms. The number of rotatable bonds is 2. The molecule has 1 heterocycles. The lowest BCUT2D eigenvalue weighted by molar-refractivity contribution is 1.19. The third-order valence-electron chi connectivity index (χ3n) is 2.40. The number of nitriles is 1. The SMILES string of the molecule is N#CCc1ccc(-c2cc(Cl)ccc2Cl)nc1Cl. The fraction of sp³-hybridized carbons (Fsp3) is 0.0769. The first-order chi connectivity index (χ1) is 8.61. The average Bonchev–Trinajstić information content (AvgIpc) is 2.35. The fourth-order valence-corrected chi connectivity index (χ4v) is 2.13. The van der Waals surface area contributed by atoms with Crippen molar-refractivity contribution in [2.24, 2.45) is 0 Å². The molecule has 1 aromatic carbocycles. The van der Waals surface area contributed by atoms with Crippen molar-refractivity contribution >= 4 is 34.8 Å². The summed E-state index contributed by atoms with van der Waals surface area (Å²) in [6.45, 7) is 0. The monoisotopic (exact) mass is 296 g/mol. The van der Waals surface area contributed by atoms with Gasteiger partial charge in [0.2, 0.25) is 0 Å². The Morgan fingerprint density at radius 2 is 1.89 bits per heavy atom. The topological polar surface area (TPSA) is 36.7 Å². The van der Waals surface area contributed by atoms with Crippen LogP contribution in [0.4, 0.5) is 0 Å². The zero-order valence-corrected chi connectivity index (χ0v) is 11.4. The fourth-order valence-electron chi connectivity index (χ4n) is 1.52. The standard InChI is InChI=1S/C13H7Cl3N2/c14-9-2-3-11(15)10(7-9)12-4-1-8(5-6-17)13(16)18-12/h1-4,7H,5H2. The summed E-state index contributed by atoms with van der Waals surface area (Å²) in [7, 11) is 0. The van der Waals surface area contributed by atoms with Gasteiger partial charge >= 0.3 is 0 Å². The van der Waals surface area contributed by atoms with Crippen LogP contribution in [-0.4, -0.2) is 4.98 Å². The largest absolute Gasteiger partial charge is 0.236 e. The molecule has 0 fully saturated rings. The Labute approximate surface area is 120 Å². The molecule has 0 amide bonds. The average molecular weight is 298 g/mol. The Kier molecular flexibility index (Phi) is 4.08. The van der Waals surface area contributed by atoms with Crippen LogP contribution in [0.5, 0.6) is 0 Å². The third kappa shape index (κ3) is 2.76. The number of benzene rings is 1. The third-order valence-corrected chi connectivity index (χ3v) is 3.29. The highest BCUT2D eigenvalue weighted by Crippen LogP contribution is 2.30. The second kappa shape index (κ2) is 5.58. The van der Waals surface area contributed by atoms with E-state index in [0.29, 0.717) is 26.5 Å². The lowest BCUT2D eigenvalue weighted by Crippen LogP contribution is -1.91. The Morgan fingerprint density at radius 1 is 1.11 bits per heavy atom. The van der Waals surface area contributed by atoms with E-state index >= 15 is 0 Å². The van der Waals surface area contributed by atoms with Crippen molar-refractivity contribution in [3.63, 3.8) is 0 Å². The van der Waals surface area contributed by atoms with Gasteiger partial charge in [-0.1, -0.05) is 40.9 Å². The lowest BCUT2D eigenvalue weighted by atomic mass is 10.1. The van der Waals surface area contributed by atoms with Gasteiger partial charge in [-0.2, -0.15) is 5.26 Å². The minimum absolute atomic E-state index is 0.232. The highest BCUT2D eigenvalue weighted by atomic mass is 35.5. The zero-order chi connectivity index (χ0) is 13.1. The van der Waals surface area contributed by atoms with E-state index in [2.05, 4.69) is 4.98 Å². The molecule has 90 valence electrons. The van der Waals surface area contributed by atoms with E-state index in [1.165, 1.54) is 0 Å². The van der Waals surface area contributed by atoms with E-state index in [4.69, 9.17) is 40.1 Å².